The standard InChI is InChI=1S/C16H34N2/c1-4-5-6-7-8-9-12-18-13-10-16(11-14-18)15(2)17-3/h15-17H,4-14H2,1-3H3. The number of nitrogens with one attached hydrogen (secondary N) is 1. The van der Waals surface area contributed by atoms with E-state index >= 15 is 0 Å². The molecule has 18 heavy (non-hydrogen) atoms. The lowest BCUT2D eigenvalue weighted by molar-refractivity contribution is 0.162. The quantitative estimate of drug-likeness (QED) is 0.632. The van der Waals surface area contributed by atoms with E-state index in [0.717, 1.165) is 5.92 Å². The number of likely N-dealkylation sites (tertiary alicyclic amines) is 1. The Labute approximate surface area is 115 Å². The summed E-state index contributed by atoms with van der Waals surface area (Å²) >= 11 is 0. The summed E-state index contributed by atoms with van der Waals surface area (Å²) in [4.78, 5) is 2.68. The number of rotatable bonds is 9. The molecule has 108 valence electrons. The van der Waals surface area contributed by atoms with Crippen LogP contribution >= 0.6 is 0 Å². The highest BCUT2D eigenvalue weighted by molar-refractivity contribution is 4.78. The maximum Gasteiger partial charge on any atom is 0.00649 e. The van der Waals surface area contributed by atoms with Gasteiger partial charge in [-0.3, -0.25) is 0 Å². The zero-order valence-electron chi connectivity index (χ0n) is 12.9. The van der Waals surface area contributed by atoms with Crippen molar-refractivity contribution in [1.82, 2.24) is 10.2 Å². The molecule has 1 saturated heterocycles. The van der Waals surface area contributed by atoms with E-state index < -0.39 is 0 Å². The lowest BCUT2D eigenvalue weighted by Crippen LogP contribution is -2.41. The number of nitrogens with zero attached hydrogens (tertiary/aromatic N) is 1. The zero-order valence-corrected chi connectivity index (χ0v) is 12.9. The van der Waals surface area contributed by atoms with E-state index in [4.69, 9.17) is 0 Å². The fraction of sp³-hybridized carbons (Fsp3) is 1.00. The number of piperidine rings is 1. The van der Waals surface area contributed by atoms with Gasteiger partial charge in [-0.15, -0.1) is 0 Å². The molecule has 1 heterocycles. The highest BCUT2D eigenvalue weighted by Gasteiger charge is 2.22. The SMILES string of the molecule is CCCCCCCCN1CCC(C(C)NC)CC1. The van der Waals surface area contributed by atoms with Gasteiger partial charge < -0.3 is 10.2 Å². The third-order valence-electron chi connectivity index (χ3n) is 4.62. The van der Waals surface area contributed by atoms with Crippen molar-refractivity contribution in [3.8, 4) is 0 Å². The van der Waals surface area contributed by atoms with E-state index in [1.807, 2.05) is 0 Å². The summed E-state index contributed by atoms with van der Waals surface area (Å²) < 4.78 is 0. The molecule has 0 spiro atoms. The Hall–Kier alpha value is -0.0800. The maximum absolute atomic E-state index is 3.40. The Bertz CT molecular complexity index is 186. The van der Waals surface area contributed by atoms with E-state index in [1.54, 1.807) is 0 Å². The van der Waals surface area contributed by atoms with Crippen molar-refractivity contribution < 1.29 is 0 Å². The van der Waals surface area contributed by atoms with Crippen LogP contribution in [0.15, 0.2) is 0 Å². The van der Waals surface area contributed by atoms with Gasteiger partial charge in [0.2, 0.25) is 0 Å². The predicted octanol–water partition coefficient (Wildman–Crippen LogP) is 3.67. The molecule has 0 aromatic rings. The van der Waals surface area contributed by atoms with E-state index in [9.17, 15) is 0 Å². The molecule has 1 unspecified atom stereocenters. The Morgan fingerprint density at radius 3 is 2.28 bits per heavy atom. The van der Waals surface area contributed by atoms with E-state index in [2.05, 4.69) is 31.1 Å². The second kappa shape index (κ2) is 9.80. The zero-order chi connectivity index (χ0) is 13.2. The van der Waals surface area contributed by atoms with Crippen LogP contribution in [0.2, 0.25) is 0 Å². The van der Waals surface area contributed by atoms with Crippen LogP contribution in [0.3, 0.4) is 0 Å². The summed E-state index contributed by atoms with van der Waals surface area (Å²) in [6.45, 7) is 8.61. The van der Waals surface area contributed by atoms with E-state index in [-0.39, 0.29) is 0 Å². The van der Waals surface area contributed by atoms with Gasteiger partial charge >= 0.3 is 0 Å². The minimum Gasteiger partial charge on any atom is -0.317 e. The molecule has 2 nitrogen and oxygen atoms in total. The van der Waals surface area contributed by atoms with Gasteiger partial charge in [0.05, 0.1) is 0 Å². The van der Waals surface area contributed by atoms with Gasteiger partial charge in [-0.05, 0) is 58.8 Å². The van der Waals surface area contributed by atoms with Crippen molar-refractivity contribution in [3.63, 3.8) is 0 Å². The average Bonchev–Trinajstić information content (AvgIpc) is 2.42. The van der Waals surface area contributed by atoms with Crippen LogP contribution in [0.25, 0.3) is 0 Å². The van der Waals surface area contributed by atoms with Crippen LogP contribution in [0.4, 0.5) is 0 Å². The average molecular weight is 254 g/mol. The van der Waals surface area contributed by atoms with Gasteiger partial charge in [-0.1, -0.05) is 39.0 Å². The topological polar surface area (TPSA) is 15.3 Å². The largest absolute Gasteiger partial charge is 0.317 e. The molecule has 1 aliphatic heterocycles. The lowest BCUT2D eigenvalue weighted by atomic mass is 9.90. The summed E-state index contributed by atoms with van der Waals surface area (Å²) in [6, 6.07) is 0.696. The van der Waals surface area contributed by atoms with Crippen molar-refractivity contribution >= 4 is 0 Å². The molecular weight excluding hydrogens is 220 g/mol. The molecule has 0 saturated carbocycles. The van der Waals surface area contributed by atoms with Crippen LogP contribution in [-0.2, 0) is 0 Å². The second-order valence-corrected chi connectivity index (χ2v) is 6.02. The Morgan fingerprint density at radius 2 is 1.67 bits per heavy atom. The molecule has 0 aromatic heterocycles. The van der Waals surface area contributed by atoms with Gasteiger partial charge in [-0.2, -0.15) is 0 Å². The Morgan fingerprint density at radius 1 is 1.06 bits per heavy atom. The number of hydrogen-bond donors (Lipinski definition) is 1. The number of unbranched alkanes of at least 4 members (excludes halogenated alkanes) is 5. The van der Waals surface area contributed by atoms with Crippen LogP contribution < -0.4 is 5.32 Å². The normalized spacial score (nSPS) is 20.2. The van der Waals surface area contributed by atoms with Crippen LogP contribution in [-0.4, -0.2) is 37.6 Å². The molecule has 1 fully saturated rings. The highest BCUT2D eigenvalue weighted by Crippen LogP contribution is 2.20. The molecule has 0 bridgehead atoms. The van der Waals surface area contributed by atoms with E-state index in [1.165, 1.54) is 71.0 Å². The lowest BCUT2D eigenvalue weighted by Gasteiger charge is -2.34. The smallest absolute Gasteiger partial charge is 0.00649 e. The first-order chi connectivity index (χ1) is 8.77. The molecule has 1 aliphatic rings. The molecule has 0 radical (unpaired) electrons. The summed E-state index contributed by atoms with van der Waals surface area (Å²) in [7, 11) is 2.09. The Kier molecular flexibility index (Phi) is 8.70. The first-order valence-electron chi connectivity index (χ1n) is 8.17. The Balaban J connectivity index is 1.98. The van der Waals surface area contributed by atoms with Gasteiger partial charge in [0.1, 0.15) is 0 Å². The molecule has 1 rings (SSSR count). The van der Waals surface area contributed by atoms with Gasteiger partial charge in [0.25, 0.3) is 0 Å². The fourth-order valence-corrected chi connectivity index (χ4v) is 3.03. The molecule has 0 aliphatic carbocycles. The molecule has 0 aromatic carbocycles. The summed E-state index contributed by atoms with van der Waals surface area (Å²) in [5, 5.41) is 3.40. The van der Waals surface area contributed by atoms with Crippen LogP contribution in [0.5, 0.6) is 0 Å². The molecule has 1 atom stereocenters. The van der Waals surface area contributed by atoms with Gasteiger partial charge in [-0.25, -0.2) is 0 Å². The van der Waals surface area contributed by atoms with E-state index in [0.29, 0.717) is 6.04 Å². The minimum atomic E-state index is 0.696. The third-order valence-corrected chi connectivity index (χ3v) is 4.62. The van der Waals surface area contributed by atoms with Crippen molar-refractivity contribution in [1.29, 1.82) is 0 Å². The fourth-order valence-electron chi connectivity index (χ4n) is 3.03. The van der Waals surface area contributed by atoms with Crippen molar-refractivity contribution in [2.24, 2.45) is 5.92 Å². The first kappa shape index (κ1) is 16.0. The van der Waals surface area contributed by atoms with Crippen molar-refractivity contribution in [3.05, 3.63) is 0 Å². The van der Waals surface area contributed by atoms with Crippen molar-refractivity contribution in [2.45, 2.75) is 71.3 Å². The van der Waals surface area contributed by atoms with Crippen molar-refractivity contribution in [2.75, 3.05) is 26.7 Å². The predicted molar refractivity (Wildman–Crippen MR) is 81.1 cm³/mol. The minimum absolute atomic E-state index is 0.696. The summed E-state index contributed by atoms with van der Waals surface area (Å²) in [5.74, 6) is 0.899. The summed E-state index contributed by atoms with van der Waals surface area (Å²) in [5.41, 5.74) is 0. The molecule has 0 amide bonds. The van der Waals surface area contributed by atoms with Gasteiger partial charge in [0.15, 0.2) is 0 Å². The van der Waals surface area contributed by atoms with Gasteiger partial charge in [0, 0.05) is 6.04 Å². The molecule has 2 heteroatoms. The molecular formula is C16H34N2. The third kappa shape index (κ3) is 6.19. The first-order valence-corrected chi connectivity index (χ1v) is 8.17. The monoisotopic (exact) mass is 254 g/mol. The molecule has 1 N–H and O–H groups in total. The van der Waals surface area contributed by atoms with Crippen LogP contribution in [0, 0.1) is 5.92 Å². The maximum atomic E-state index is 3.40. The van der Waals surface area contributed by atoms with Crippen LogP contribution in [0.1, 0.15) is 65.2 Å². The summed E-state index contributed by atoms with van der Waals surface area (Å²) in [6.07, 6.45) is 11.3. The second-order valence-electron chi connectivity index (χ2n) is 6.02. The number of hydrogen-bond acceptors (Lipinski definition) is 2. The highest BCUT2D eigenvalue weighted by atomic mass is 15.1.